The minimum atomic E-state index is -0.664. The van der Waals surface area contributed by atoms with Gasteiger partial charge in [-0.05, 0) is 26.0 Å². The van der Waals surface area contributed by atoms with Gasteiger partial charge >= 0.3 is 0 Å². The van der Waals surface area contributed by atoms with Gasteiger partial charge in [0.05, 0.1) is 0 Å². The summed E-state index contributed by atoms with van der Waals surface area (Å²) in [5, 5.41) is 10.9. The summed E-state index contributed by atoms with van der Waals surface area (Å²) in [6.45, 7) is 3.96. The van der Waals surface area contributed by atoms with Crippen molar-refractivity contribution in [1.29, 1.82) is 0 Å². The van der Waals surface area contributed by atoms with Crippen molar-refractivity contribution >= 4 is 5.91 Å². The van der Waals surface area contributed by atoms with E-state index in [1.165, 1.54) is 10.7 Å². The highest BCUT2D eigenvalue weighted by Crippen LogP contribution is 2.04. The van der Waals surface area contributed by atoms with Crippen LogP contribution in [-0.4, -0.2) is 32.0 Å². The van der Waals surface area contributed by atoms with Crippen molar-refractivity contribution < 1.29 is 4.79 Å². The maximum Gasteiger partial charge on any atom is 0.267 e. The summed E-state index contributed by atoms with van der Waals surface area (Å²) in [5.41, 5.74) is -0.324. The maximum atomic E-state index is 11.8. The third kappa shape index (κ3) is 2.70. The molecule has 1 amide bonds. The zero-order valence-electron chi connectivity index (χ0n) is 10.8. The second kappa shape index (κ2) is 5.47. The molecule has 2 aromatic rings. The van der Waals surface area contributed by atoms with Crippen molar-refractivity contribution in [2.45, 2.75) is 19.9 Å². The summed E-state index contributed by atoms with van der Waals surface area (Å²) in [4.78, 5) is 23.5. The number of hydrogen-bond acceptors (Lipinski definition) is 4. The molecule has 7 heteroatoms. The molecule has 0 aliphatic heterocycles. The summed E-state index contributed by atoms with van der Waals surface area (Å²) < 4.78 is 2.68. The Morgan fingerprint density at radius 2 is 2.26 bits per heavy atom. The van der Waals surface area contributed by atoms with Crippen molar-refractivity contribution in [1.82, 2.24) is 24.9 Å². The molecule has 100 valence electrons. The van der Waals surface area contributed by atoms with Gasteiger partial charge in [0.25, 0.3) is 5.56 Å². The number of rotatable bonds is 4. The molecule has 0 fully saturated rings. The average Bonchev–Trinajstić information content (AvgIpc) is 2.93. The summed E-state index contributed by atoms with van der Waals surface area (Å²) in [6, 6.07) is 4.03. The Hall–Kier alpha value is -2.44. The van der Waals surface area contributed by atoms with Crippen LogP contribution in [0.3, 0.4) is 0 Å². The fraction of sp³-hybridized carbons (Fsp3) is 0.333. The van der Waals surface area contributed by atoms with E-state index in [1.807, 2.05) is 6.92 Å². The lowest BCUT2D eigenvalue weighted by Crippen LogP contribution is -2.37. The third-order valence-electron chi connectivity index (χ3n) is 2.65. The summed E-state index contributed by atoms with van der Waals surface area (Å²) in [7, 11) is 0. The van der Waals surface area contributed by atoms with Gasteiger partial charge in [0.1, 0.15) is 6.04 Å². The minimum absolute atomic E-state index is 0.241. The first-order chi connectivity index (χ1) is 9.13. The number of aromatic nitrogens is 4. The van der Waals surface area contributed by atoms with Gasteiger partial charge in [-0.1, -0.05) is 0 Å². The number of carbonyl (C=O) groups is 1. The van der Waals surface area contributed by atoms with Crippen molar-refractivity contribution in [3.8, 4) is 5.82 Å². The van der Waals surface area contributed by atoms with Crippen LogP contribution in [0.15, 0.2) is 35.4 Å². The highest BCUT2D eigenvalue weighted by molar-refractivity contribution is 5.79. The van der Waals surface area contributed by atoms with Gasteiger partial charge in [0, 0.05) is 25.0 Å². The van der Waals surface area contributed by atoms with Gasteiger partial charge in [0.15, 0.2) is 5.82 Å². The van der Waals surface area contributed by atoms with E-state index in [9.17, 15) is 9.59 Å². The zero-order chi connectivity index (χ0) is 13.8. The topological polar surface area (TPSA) is 81.8 Å². The van der Waals surface area contributed by atoms with Gasteiger partial charge in [-0.25, -0.2) is 9.36 Å². The van der Waals surface area contributed by atoms with E-state index < -0.39 is 6.04 Å². The monoisotopic (exact) mass is 261 g/mol. The normalized spacial score (nSPS) is 12.1. The van der Waals surface area contributed by atoms with E-state index in [2.05, 4.69) is 15.5 Å². The number of carbonyl (C=O) groups excluding carboxylic acids is 1. The molecule has 2 heterocycles. The predicted octanol–water partition coefficient (Wildman–Crippen LogP) is 0.126. The number of nitrogens with one attached hydrogen (secondary N) is 1. The molecule has 0 bridgehead atoms. The van der Waals surface area contributed by atoms with Crippen LogP contribution in [-0.2, 0) is 4.79 Å². The Morgan fingerprint density at radius 3 is 2.89 bits per heavy atom. The van der Waals surface area contributed by atoms with Gasteiger partial charge in [-0.2, -0.15) is 5.10 Å². The molecule has 2 aromatic heterocycles. The van der Waals surface area contributed by atoms with Crippen molar-refractivity contribution in [3.63, 3.8) is 0 Å². The molecule has 0 aromatic carbocycles. The molecule has 0 saturated heterocycles. The van der Waals surface area contributed by atoms with E-state index in [0.29, 0.717) is 12.4 Å². The largest absolute Gasteiger partial charge is 0.355 e. The van der Waals surface area contributed by atoms with Gasteiger partial charge in [-0.15, -0.1) is 5.10 Å². The lowest BCUT2D eigenvalue weighted by molar-refractivity contribution is -0.124. The standard InChI is InChI=1S/C12H15N5O2/c1-3-13-12(19)9(2)17-11(18)6-5-10(15-17)16-8-4-7-14-16/h4-9H,3H2,1-2H3,(H,13,19). The average molecular weight is 261 g/mol. The highest BCUT2D eigenvalue weighted by Gasteiger charge is 2.17. The molecule has 2 rings (SSSR count). The third-order valence-corrected chi connectivity index (χ3v) is 2.65. The fourth-order valence-corrected chi connectivity index (χ4v) is 1.65. The van der Waals surface area contributed by atoms with Crippen LogP contribution in [0.4, 0.5) is 0 Å². The van der Waals surface area contributed by atoms with Crippen LogP contribution in [0.2, 0.25) is 0 Å². The van der Waals surface area contributed by atoms with E-state index in [4.69, 9.17) is 0 Å². The Kier molecular flexibility index (Phi) is 3.74. The Labute approximate surface area is 109 Å². The molecule has 19 heavy (non-hydrogen) atoms. The van der Waals surface area contributed by atoms with Crippen molar-refractivity contribution in [2.75, 3.05) is 6.54 Å². The predicted molar refractivity (Wildman–Crippen MR) is 69.0 cm³/mol. The number of nitrogens with zero attached hydrogens (tertiary/aromatic N) is 4. The van der Waals surface area contributed by atoms with Crippen molar-refractivity contribution in [2.24, 2.45) is 0 Å². The Bertz CT molecular complexity index is 617. The SMILES string of the molecule is CCNC(=O)C(C)n1nc(-n2cccn2)ccc1=O. The second-order valence-electron chi connectivity index (χ2n) is 4.00. The van der Waals surface area contributed by atoms with E-state index >= 15 is 0 Å². The maximum absolute atomic E-state index is 11.8. The molecular weight excluding hydrogens is 246 g/mol. The molecular formula is C12H15N5O2. The lowest BCUT2D eigenvalue weighted by Gasteiger charge is -2.13. The van der Waals surface area contributed by atoms with E-state index in [-0.39, 0.29) is 11.5 Å². The van der Waals surface area contributed by atoms with E-state index in [0.717, 1.165) is 4.68 Å². The van der Waals surface area contributed by atoms with Gasteiger partial charge in [0.2, 0.25) is 5.91 Å². The van der Waals surface area contributed by atoms with Gasteiger partial charge in [-0.3, -0.25) is 9.59 Å². The van der Waals surface area contributed by atoms with Gasteiger partial charge < -0.3 is 5.32 Å². The van der Waals surface area contributed by atoms with E-state index in [1.54, 1.807) is 31.5 Å². The smallest absolute Gasteiger partial charge is 0.267 e. The lowest BCUT2D eigenvalue weighted by atomic mass is 10.3. The van der Waals surface area contributed by atoms with Crippen LogP contribution in [0.1, 0.15) is 19.9 Å². The summed E-state index contributed by atoms with van der Waals surface area (Å²) in [6.07, 6.45) is 3.33. The minimum Gasteiger partial charge on any atom is -0.355 e. The Morgan fingerprint density at radius 1 is 1.47 bits per heavy atom. The first kappa shape index (κ1) is 13.0. The molecule has 1 N–H and O–H groups in total. The van der Waals surface area contributed by atoms with Crippen LogP contribution < -0.4 is 10.9 Å². The molecule has 0 saturated carbocycles. The van der Waals surface area contributed by atoms with Crippen molar-refractivity contribution in [3.05, 3.63) is 40.9 Å². The molecule has 0 aliphatic rings. The fourth-order valence-electron chi connectivity index (χ4n) is 1.65. The first-order valence-corrected chi connectivity index (χ1v) is 6.01. The number of amides is 1. The quantitative estimate of drug-likeness (QED) is 0.848. The summed E-state index contributed by atoms with van der Waals surface area (Å²) >= 11 is 0. The Balaban J connectivity index is 2.37. The molecule has 0 spiro atoms. The van der Waals surface area contributed by atoms with Crippen LogP contribution in [0, 0.1) is 0 Å². The number of hydrogen-bond donors (Lipinski definition) is 1. The summed E-state index contributed by atoms with van der Waals surface area (Å²) in [5.74, 6) is 0.246. The molecule has 0 aliphatic carbocycles. The molecule has 1 unspecified atom stereocenters. The molecule has 7 nitrogen and oxygen atoms in total. The van der Waals surface area contributed by atoms with Crippen LogP contribution >= 0.6 is 0 Å². The molecule has 1 atom stereocenters. The molecule has 0 radical (unpaired) electrons. The highest BCUT2D eigenvalue weighted by atomic mass is 16.2. The number of likely N-dealkylation sites (N-methyl/N-ethyl adjacent to an activating group) is 1. The zero-order valence-corrected chi connectivity index (χ0v) is 10.8. The second-order valence-corrected chi connectivity index (χ2v) is 4.00. The van der Waals surface area contributed by atoms with Crippen LogP contribution in [0.25, 0.3) is 5.82 Å². The first-order valence-electron chi connectivity index (χ1n) is 6.01. The van der Waals surface area contributed by atoms with Crippen LogP contribution in [0.5, 0.6) is 0 Å².